The van der Waals surface area contributed by atoms with Gasteiger partial charge in [0.25, 0.3) is 0 Å². The third-order valence-corrected chi connectivity index (χ3v) is 3.88. The lowest BCUT2D eigenvalue weighted by Gasteiger charge is -2.23. The minimum atomic E-state index is -4.51. The van der Waals surface area contributed by atoms with Crippen molar-refractivity contribution in [2.24, 2.45) is 0 Å². The number of nitrogens with one attached hydrogen (secondary N) is 2. The maximum absolute atomic E-state index is 13.3. The molecule has 8 heteroatoms. The molecule has 2 rings (SSSR count). The number of carbonyl (C=O) groups is 1. The monoisotopic (exact) mass is 394 g/mol. The van der Waals surface area contributed by atoms with Gasteiger partial charge < -0.3 is 15.4 Å². The molecule has 0 radical (unpaired) electrons. The van der Waals surface area contributed by atoms with Crippen LogP contribution in [0.5, 0.6) is 5.75 Å². The zero-order chi connectivity index (χ0) is 18.7. The van der Waals surface area contributed by atoms with Crippen LogP contribution in [0.4, 0.5) is 13.2 Å². The van der Waals surface area contributed by atoms with E-state index in [9.17, 15) is 18.0 Å². The van der Waals surface area contributed by atoms with Crippen LogP contribution < -0.4 is 15.4 Å². The first kappa shape index (κ1) is 22.6. The fraction of sp³-hybridized carbons (Fsp3) is 0.611. The molecular formula is C18H26ClF3N2O2. The first-order valence-corrected chi connectivity index (χ1v) is 8.44. The van der Waals surface area contributed by atoms with Crippen LogP contribution in [-0.4, -0.2) is 24.1 Å². The van der Waals surface area contributed by atoms with Gasteiger partial charge >= 0.3 is 6.18 Å². The second-order valence-corrected chi connectivity index (χ2v) is 7.31. The van der Waals surface area contributed by atoms with Gasteiger partial charge in [-0.05, 0) is 57.9 Å². The Hall–Kier alpha value is -1.47. The molecule has 0 saturated carbocycles. The number of carbonyl (C=O) groups excluding carboxylic acids is 1. The van der Waals surface area contributed by atoms with Crippen LogP contribution in [0.2, 0.25) is 0 Å². The quantitative estimate of drug-likeness (QED) is 0.791. The Labute approximate surface area is 158 Å². The molecular weight excluding hydrogens is 369 g/mol. The van der Waals surface area contributed by atoms with E-state index in [1.807, 2.05) is 0 Å². The van der Waals surface area contributed by atoms with Crippen molar-refractivity contribution in [3.8, 4) is 5.75 Å². The zero-order valence-electron chi connectivity index (χ0n) is 15.2. The molecule has 148 valence electrons. The van der Waals surface area contributed by atoms with Crippen molar-refractivity contribution in [1.29, 1.82) is 0 Å². The van der Waals surface area contributed by atoms with Crippen molar-refractivity contribution in [3.63, 3.8) is 0 Å². The van der Waals surface area contributed by atoms with Gasteiger partial charge in [0, 0.05) is 19.0 Å². The van der Waals surface area contributed by atoms with Crippen LogP contribution in [0.1, 0.15) is 51.2 Å². The van der Waals surface area contributed by atoms with Crippen LogP contribution in [0, 0.1) is 0 Å². The van der Waals surface area contributed by atoms with Gasteiger partial charge in [0.1, 0.15) is 11.4 Å². The molecule has 1 aromatic carbocycles. The van der Waals surface area contributed by atoms with E-state index in [0.29, 0.717) is 0 Å². The van der Waals surface area contributed by atoms with E-state index >= 15 is 0 Å². The molecule has 1 amide bonds. The highest BCUT2D eigenvalue weighted by molar-refractivity contribution is 5.85. The number of alkyl halides is 3. The molecule has 4 nitrogen and oxygen atoms in total. The van der Waals surface area contributed by atoms with Crippen molar-refractivity contribution >= 4 is 18.3 Å². The Morgan fingerprint density at radius 1 is 1.31 bits per heavy atom. The summed E-state index contributed by atoms with van der Waals surface area (Å²) >= 11 is 0. The van der Waals surface area contributed by atoms with E-state index in [0.717, 1.165) is 25.5 Å². The fourth-order valence-corrected chi connectivity index (χ4v) is 2.81. The molecule has 1 fully saturated rings. The van der Waals surface area contributed by atoms with E-state index < -0.39 is 17.3 Å². The molecule has 1 aliphatic rings. The lowest BCUT2D eigenvalue weighted by Crippen LogP contribution is -2.32. The summed E-state index contributed by atoms with van der Waals surface area (Å²) in [5.41, 5.74) is -1.34. The Kier molecular flexibility index (Phi) is 7.77. The van der Waals surface area contributed by atoms with Gasteiger partial charge in [0.2, 0.25) is 5.91 Å². The number of benzene rings is 1. The number of hydrogen-bond donors (Lipinski definition) is 2. The number of ether oxygens (including phenoxy) is 1. The summed E-state index contributed by atoms with van der Waals surface area (Å²) in [6.07, 6.45) is -2.29. The number of halogens is 4. The molecule has 0 aliphatic carbocycles. The summed E-state index contributed by atoms with van der Waals surface area (Å²) in [6.45, 7) is 6.03. The van der Waals surface area contributed by atoms with E-state index in [1.165, 1.54) is 12.1 Å². The average molecular weight is 395 g/mol. The van der Waals surface area contributed by atoms with Crippen LogP contribution in [-0.2, 0) is 17.5 Å². The topological polar surface area (TPSA) is 50.4 Å². The highest BCUT2D eigenvalue weighted by Crippen LogP contribution is 2.35. The molecule has 0 spiro atoms. The first-order chi connectivity index (χ1) is 11.5. The summed E-state index contributed by atoms with van der Waals surface area (Å²) in [4.78, 5) is 11.9. The molecule has 26 heavy (non-hydrogen) atoms. The standard InChI is InChI=1S/C18H25F3N2O2.ClH/c1-17(2,3)25-14-7-6-12(15(10-14)18(19,20)21)11-23-16(24)9-13-5-4-8-22-13;/h6-7,10,13,22H,4-5,8-9,11H2,1-3H3,(H,23,24);1H. The molecule has 2 N–H and O–H groups in total. The fourth-order valence-electron chi connectivity index (χ4n) is 2.81. The van der Waals surface area contributed by atoms with Crippen molar-refractivity contribution in [2.45, 2.75) is 64.4 Å². The molecule has 1 aromatic rings. The summed E-state index contributed by atoms with van der Waals surface area (Å²) in [7, 11) is 0. The van der Waals surface area contributed by atoms with Gasteiger partial charge in [-0.15, -0.1) is 12.4 Å². The minimum Gasteiger partial charge on any atom is -0.488 e. The summed E-state index contributed by atoms with van der Waals surface area (Å²) < 4.78 is 45.5. The molecule has 0 bridgehead atoms. The Bertz CT molecular complexity index is 609. The molecule has 1 heterocycles. The zero-order valence-corrected chi connectivity index (χ0v) is 16.0. The third kappa shape index (κ3) is 7.03. The highest BCUT2D eigenvalue weighted by atomic mass is 35.5. The van der Waals surface area contributed by atoms with E-state index in [1.54, 1.807) is 20.8 Å². The normalized spacial score (nSPS) is 17.5. The van der Waals surface area contributed by atoms with Crippen molar-refractivity contribution in [1.82, 2.24) is 10.6 Å². The van der Waals surface area contributed by atoms with E-state index in [2.05, 4.69) is 10.6 Å². The lowest BCUT2D eigenvalue weighted by atomic mass is 10.1. The number of rotatable bonds is 5. The van der Waals surface area contributed by atoms with Gasteiger partial charge in [-0.3, -0.25) is 4.79 Å². The van der Waals surface area contributed by atoms with Crippen LogP contribution in [0.15, 0.2) is 18.2 Å². The lowest BCUT2D eigenvalue weighted by molar-refractivity contribution is -0.138. The van der Waals surface area contributed by atoms with E-state index in [4.69, 9.17) is 4.74 Å². The van der Waals surface area contributed by atoms with Crippen LogP contribution in [0.25, 0.3) is 0 Å². The predicted octanol–water partition coefficient (Wildman–Crippen LogP) is 4.06. The maximum Gasteiger partial charge on any atom is 0.416 e. The Morgan fingerprint density at radius 2 is 2.00 bits per heavy atom. The Balaban J connectivity index is 0.00000338. The largest absolute Gasteiger partial charge is 0.488 e. The second-order valence-electron chi connectivity index (χ2n) is 7.31. The maximum atomic E-state index is 13.3. The minimum absolute atomic E-state index is 0. The van der Waals surface area contributed by atoms with Gasteiger partial charge in [0.05, 0.1) is 5.56 Å². The molecule has 0 aromatic heterocycles. The number of hydrogen-bond acceptors (Lipinski definition) is 3. The first-order valence-electron chi connectivity index (χ1n) is 8.44. The summed E-state index contributed by atoms with van der Waals surface area (Å²) in [5, 5.41) is 5.78. The smallest absolute Gasteiger partial charge is 0.416 e. The highest BCUT2D eigenvalue weighted by Gasteiger charge is 2.34. The van der Waals surface area contributed by atoms with Crippen LogP contribution >= 0.6 is 12.4 Å². The third-order valence-electron chi connectivity index (χ3n) is 3.88. The SMILES string of the molecule is CC(C)(C)Oc1ccc(CNC(=O)CC2CCCN2)c(C(F)(F)F)c1.Cl. The average Bonchev–Trinajstić information content (AvgIpc) is 2.96. The van der Waals surface area contributed by atoms with Gasteiger partial charge in [-0.2, -0.15) is 13.2 Å². The van der Waals surface area contributed by atoms with Gasteiger partial charge in [-0.25, -0.2) is 0 Å². The molecule has 1 unspecified atom stereocenters. The summed E-state index contributed by atoms with van der Waals surface area (Å²) in [5.74, 6) is -0.0902. The number of amides is 1. The predicted molar refractivity (Wildman–Crippen MR) is 96.6 cm³/mol. The van der Waals surface area contributed by atoms with Gasteiger partial charge in [0.15, 0.2) is 0 Å². The van der Waals surface area contributed by atoms with Crippen molar-refractivity contribution in [3.05, 3.63) is 29.3 Å². The van der Waals surface area contributed by atoms with Crippen molar-refractivity contribution < 1.29 is 22.7 Å². The Morgan fingerprint density at radius 3 is 2.54 bits per heavy atom. The molecule has 1 atom stereocenters. The summed E-state index contributed by atoms with van der Waals surface area (Å²) in [6, 6.07) is 3.97. The van der Waals surface area contributed by atoms with Crippen LogP contribution in [0.3, 0.4) is 0 Å². The molecule has 1 aliphatic heterocycles. The second kappa shape index (κ2) is 8.95. The van der Waals surface area contributed by atoms with E-state index in [-0.39, 0.29) is 48.6 Å². The van der Waals surface area contributed by atoms with Crippen molar-refractivity contribution in [2.75, 3.05) is 6.54 Å². The van der Waals surface area contributed by atoms with Gasteiger partial charge in [-0.1, -0.05) is 6.07 Å². The molecule has 1 saturated heterocycles.